The van der Waals surface area contributed by atoms with Gasteiger partial charge in [-0.15, -0.1) is 0 Å². The summed E-state index contributed by atoms with van der Waals surface area (Å²) in [5, 5.41) is 0. The fourth-order valence-corrected chi connectivity index (χ4v) is 2.82. The molecule has 2 heteroatoms. The van der Waals surface area contributed by atoms with Gasteiger partial charge < -0.3 is 0 Å². The standard InChI is InChI=1S/C11H18NP/c1-3-4-7-10-13(2)11-8-5-6-9-12-11/h5-6,8-9H,3-4,7,10H2,1-2H3. The van der Waals surface area contributed by atoms with E-state index < -0.39 is 0 Å². The second-order valence-corrected chi connectivity index (χ2v) is 5.62. The van der Waals surface area contributed by atoms with Gasteiger partial charge in [-0.05, 0) is 31.4 Å². The normalized spacial score (nSPS) is 12.8. The van der Waals surface area contributed by atoms with Crippen molar-refractivity contribution >= 4 is 13.4 Å². The number of hydrogen-bond donors (Lipinski definition) is 0. The fraction of sp³-hybridized carbons (Fsp3) is 0.545. The Morgan fingerprint density at radius 1 is 1.31 bits per heavy atom. The largest absolute Gasteiger partial charge is 0.257 e. The molecule has 13 heavy (non-hydrogen) atoms. The van der Waals surface area contributed by atoms with Gasteiger partial charge in [0.2, 0.25) is 0 Å². The Morgan fingerprint density at radius 3 is 2.77 bits per heavy atom. The van der Waals surface area contributed by atoms with Crippen LogP contribution in [0.3, 0.4) is 0 Å². The van der Waals surface area contributed by atoms with Crippen LogP contribution in [-0.2, 0) is 0 Å². The summed E-state index contributed by atoms with van der Waals surface area (Å²) in [6.45, 7) is 4.58. The van der Waals surface area contributed by atoms with Gasteiger partial charge in [-0.1, -0.05) is 33.8 Å². The quantitative estimate of drug-likeness (QED) is 0.520. The minimum absolute atomic E-state index is 0.00161. The molecule has 0 aliphatic heterocycles. The first-order chi connectivity index (χ1) is 6.34. The molecular formula is C11H18NP. The summed E-state index contributed by atoms with van der Waals surface area (Å²) >= 11 is 0. The first-order valence-electron chi connectivity index (χ1n) is 4.96. The smallest absolute Gasteiger partial charge is 0.0628 e. The van der Waals surface area contributed by atoms with Gasteiger partial charge in [-0.3, -0.25) is 4.98 Å². The van der Waals surface area contributed by atoms with E-state index in [1.807, 2.05) is 12.3 Å². The van der Waals surface area contributed by atoms with Crippen molar-refractivity contribution in [1.29, 1.82) is 0 Å². The van der Waals surface area contributed by atoms with E-state index in [4.69, 9.17) is 0 Å². The second-order valence-electron chi connectivity index (χ2n) is 3.32. The van der Waals surface area contributed by atoms with E-state index in [1.165, 1.54) is 30.9 Å². The average Bonchev–Trinajstić information content (AvgIpc) is 2.19. The molecular weight excluding hydrogens is 177 g/mol. The van der Waals surface area contributed by atoms with Gasteiger partial charge >= 0.3 is 0 Å². The third kappa shape index (κ3) is 3.87. The van der Waals surface area contributed by atoms with Gasteiger partial charge in [-0.2, -0.15) is 0 Å². The maximum absolute atomic E-state index is 4.39. The number of hydrogen-bond acceptors (Lipinski definition) is 1. The molecule has 1 aromatic rings. The fourth-order valence-electron chi connectivity index (χ4n) is 1.29. The van der Waals surface area contributed by atoms with Crippen molar-refractivity contribution in [3.05, 3.63) is 24.4 Å². The molecule has 1 nitrogen and oxygen atoms in total. The minimum atomic E-state index is 0.00161. The lowest BCUT2D eigenvalue weighted by Crippen LogP contribution is -2.06. The number of pyridine rings is 1. The Hall–Kier alpha value is -0.420. The van der Waals surface area contributed by atoms with Crippen LogP contribution in [-0.4, -0.2) is 17.8 Å². The summed E-state index contributed by atoms with van der Waals surface area (Å²) in [4.78, 5) is 4.39. The van der Waals surface area contributed by atoms with Gasteiger partial charge in [0.25, 0.3) is 0 Å². The number of rotatable bonds is 5. The summed E-state index contributed by atoms with van der Waals surface area (Å²) < 4.78 is 0. The molecule has 0 aliphatic carbocycles. The van der Waals surface area contributed by atoms with E-state index >= 15 is 0 Å². The number of aromatic nitrogens is 1. The van der Waals surface area contributed by atoms with Gasteiger partial charge in [0.1, 0.15) is 0 Å². The molecule has 0 amide bonds. The molecule has 1 unspecified atom stereocenters. The number of unbranched alkanes of at least 4 members (excludes halogenated alkanes) is 2. The molecule has 0 aromatic carbocycles. The van der Waals surface area contributed by atoms with Crippen molar-refractivity contribution in [1.82, 2.24) is 4.98 Å². The Morgan fingerprint density at radius 2 is 2.15 bits per heavy atom. The van der Waals surface area contributed by atoms with Crippen molar-refractivity contribution in [2.45, 2.75) is 26.2 Å². The first kappa shape index (κ1) is 10.7. The summed E-state index contributed by atoms with van der Waals surface area (Å²) in [5.41, 5.74) is 1.30. The van der Waals surface area contributed by atoms with Gasteiger partial charge in [0.15, 0.2) is 0 Å². The third-order valence-corrected chi connectivity index (χ3v) is 4.17. The van der Waals surface area contributed by atoms with Gasteiger partial charge in [0.05, 0.1) is 5.44 Å². The summed E-state index contributed by atoms with van der Waals surface area (Å²) in [7, 11) is 0.00161. The van der Waals surface area contributed by atoms with Crippen LogP contribution in [0.2, 0.25) is 0 Å². The van der Waals surface area contributed by atoms with Crippen molar-refractivity contribution in [2.24, 2.45) is 0 Å². The van der Waals surface area contributed by atoms with Crippen LogP contribution in [0.4, 0.5) is 0 Å². The third-order valence-electron chi connectivity index (χ3n) is 2.14. The summed E-state index contributed by atoms with van der Waals surface area (Å²) in [5.74, 6) is 0. The lowest BCUT2D eigenvalue weighted by atomic mass is 10.3. The molecule has 0 radical (unpaired) electrons. The summed E-state index contributed by atoms with van der Waals surface area (Å²) in [6.07, 6.45) is 7.26. The van der Waals surface area contributed by atoms with E-state index in [2.05, 4.69) is 30.7 Å². The molecule has 0 bridgehead atoms. The molecule has 0 N–H and O–H groups in total. The Balaban J connectivity index is 2.35. The van der Waals surface area contributed by atoms with Crippen LogP contribution in [0.1, 0.15) is 26.2 Å². The van der Waals surface area contributed by atoms with E-state index in [9.17, 15) is 0 Å². The van der Waals surface area contributed by atoms with Crippen LogP contribution in [0.25, 0.3) is 0 Å². The molecule has 72 valence electrons. The zero-order valence-electron chi connectivity index (χ0n) is 8.53. The highest BCUT2D eigenvalue weighted by Gasteiger charge is 2.03. The molecule has 1 heterocycles. The zero-order chi connectivity index (χ0) is 9.52. The maximum Gasteiger partial charge on any atom is 0.0628 e. The highest BCUT2D eigenvalue weighted by molar-refractivity contribution is 7.64. The van der Waals surface area contributed by atoms with Crippen molar-refractivity contribution in [3.63, 3.8) is 0 Å². The van der Waals surface area contributed by atoms with Gasteiger partial charge in [0, 0.05) is 6.20 Å². The molecule has 0 fully saturated rings. The van der Waals surface area contributed by atoms with Crippen molar-refractivity contribution in [2.75, 3.05) is 12.8 Å². The molecule has 0 saturated carbocycles. The van der Waals surface area contributed by atoms with E-state index in [0.29, 0.717) is 0 Å². The monoisotopic (exact) mass is 195 g/mol. The SMILES string of the molecule is CCCCCP(C)c1ccccn1. The molecule has 0 spiro atoms. The first-order valence-corrected chi connectivity index (χ1v) is 6.94. The van der Waals surface area contributed by atoms with Crippen LogP contribution >= 0.6 is 7.92 Å². The van der Waals surface area contributed by atoms with Crippen LogP contribution in [0.5, 0.6) is 0 Å². The number of nitrogens with zero attached hydrogens (tertiary/aromatic N) is 1. The lowest BCUT2D eigenvalue weighted by molar-refractivity contribution is 0.776. The van der Waals surface area contributed by atoms with Crippen LogP contribution < -0.4 is 5.44 Å². The average molecular weight is 195 g/mol. The van der Waals surface area contributed by atoms with E-state index in [0.717, 1.165) is 0 Å². The molecule has 0 aliphatic rings. The topological polar surface area (TPSA) is 12.9 Å². The zero-order valence-corrected chi connectivity index (χ0v) is 9.43. The Kier molecular flexibility index (Phi) is 5.00. The maximum atomic E-state index is 4.39. The minimum Gasteiger partial charge on any atom is -0.257 e. The van der Waals surface area contributed by atoms with Crippen molar-refractivity contribution in [3.8, 4) is 0 Å². The molecule has 1 rings (SSSR count). The van der Waals surface area contributed by atoms with Gasteiger partial charge in [-0.25, -0.2) is 0 Å². The molecule has 0 saturated heterocycles. The summed E-state index contributed by atoms with van der Waals surface area (Å²) in [6, 6.07) is 6.22. The highest BCUT2D eigenvalue weighted by atomic mass is 31.1. The Labute approximate surface area is 82.3 Å². The predicted octanol–water partition coefficient (Wildman–Crippen LogP) is 3.01. The predicted molar refractivity (Wildman–Crippen MR) is 61.1 cm³/mol. The van der Waals surface area contributed by atoms with Crippen molar-refractivity contribution < 1.29 is 0 Å². The highest BCUT2D eigenvalue weighted by Crippen LogP contribution is 2.29. The Bertz CT molecular complexity index is 223. The van der Waals surface area contributed by atoms with Crippen LogP contribution in [0.15, 0.2) is 24.4 Å². The second kappa shape index (κ2) is 6.10. The van der Waals surface area contributed by atoms with Crippen LogP contribution in [0, 0.1) is 0 Å². The molecule has 1 atom stereocenters. The van der Waals surface area contributed by atoms with E-state index in [1.54, 1.807) is 0 Å². The lowest BCUT2D eigenvalue weighted by Gasteiger charge is -2.10. The van der Waals surface area contributed by atoms with E-state index in [-0.39, 0.29) is 7.92 Å². The molecule has 1 aromatic heterocycles.